The molecule has 1 heterocycles. The molecule has 3 aromatic rings. The maximum Gasteiger partial charge on any atom is 0.238 e. The van der Waals surface area contributed by atoms with Crippen molar-refractivity contribution >= 4 is 34.3 Å². The monoisotopic (exact) mass is 406 g/mol. The highest BCUT2D eigenvalue weighted by Crippen LogP contribution is 2.22. The molecule has 3 rings (SSSR count). The van der Waals surface area contributed by atoms with Crippen LogP contribution in [-0.4, -0.2) is 4.99 Å². The molecule has 0 aliphatic rings. The van der Waals surface area contributed by atoms with Crippen LogP contribution in [0.4, 0.5) is 10.1 Å². The molecule has 2 aromatic carbocycles. The first-order valence-corrected chi connectivity index (χ1v) is 9.72. The van der Waals surface area contributed by atoms with Crippen LogP contribution >= 0.6 is 12.2 Å². The second kappa shape index (κ2) is 8.53. The van der Waals surface area contributed by atoms with Gasteiger partial charge in [-0.2, -0.15) is 4.57 Å². The van der Waals surface area contributed by atoms with Crippen LogP contribution in [0.3, 0.4) is 0 Å². The Morgan fingerprint density at radius 3 is 2.07 bits per heavy atom. The molecule has 148 valence electrons. The van der Waals surface area contributed by atoms with Crippen molar-refractivity contribution < 1.29 is 14.1 Å². The highest BCUT2D eigenvalue weighted by molar-refractivity contribution is 7.81. The fourth-order valence-electron chi connectivity index (χ4n) is 2.86. The molecule has 0 fully saturated rings. The van der Waals surface area contributed by atoms with Crippen LogP contribution in [0, 0.1) is 5.82 Å². The number of halogens is 1. The van der Waals surface area contributed by atoms with E-state index in [-0.39, 0.29) is 11.2 Å². The average molecular weight is 407 g/mol. The molecule has 0 amide bonds. The lowest BCUT2D eigenvalue weighted by molar-refractivity contribution is -0.577. The first-order valence-electron chi connectivity index (χ1n) is 9.31. The van der Waals surface area contributed by atoms with E-state index in [0.29, 0.717) is 16.2 Å². The summed E-state index contributed by atoms with van der Waals surface area (Å²) in [6, 6.07) is 18.8. The number of hydrogen-bond donors (Lipinski definition) is 1. The Kier molecular flexibility index (Phi) is 6.09. The highest BCUT2D eigenvalue weighted by Gasteiger charge is 2.21. The van der Waals surface area contributed by atoms with Gasteiger partial charge in [0.05, 0.1) is 0 Å². The van der Waals surface area contributed by atoms with Crippen LogP contribution in [0.15, 0.2) is 79.1 Å². The van der Waals surface area contributed by atoms with Crippen molar-refractivity contribution in [2.24, 2.45) is 0 Å². The molecular formula is C24H23FN2OS. The van der Waals surface area contributed by atoms with Crippen LogP contribution in [0.5, 0.6) is 0 Å². The van der Waals surface area contributed by atoms with E-state index in [2.05, 4.69) is 26.1 Å². The molecule has 0 atom stereocenters. The standard InChI is InChI=1S/C24H23FN2OS/c1-24(2,3)18-13-15-27(16-14-18)21(22(28)17-9-11-19(25)12-10-17)23(29)26-20-7-5-4-6-8-20/h4-16H,1-3H3,(H-,26,28,29). The number of pyridine rings is 1. The van der Waals surface area contributed by atoms with Crippen LogP contribution in [0.1, 0.15) is 31.9 Å². The van der Waals surface area contributed by atoms with E-state index in [1.165, 1.54) is 24.3 Å². The molecule has 0 saturated heterocycles. The number of anilines is 1. The minimum atomic E-state index is -0.393. The largest absolute Gasteiger partial charge is 0.867 e. The second-order valence-corrected chi connectivity index (χ2v) is 8.16. The molecule has 0 saturated carbocycles. The van der Waals surface area contributed by atoms with Gasteiger partial charge in [0, 0.05) is 17.8 Å². The molecule has 3 nitrogen and oxygen atoms in total. The zero-order chi connectivity index (χ0) is 21.0. The van der Waals surface area contributed by atoms with Gasteiger partial charge >= 0.3 is 0 Å². The molecule has 1 N–H and O–H groups in total. The van der Waals surface area contributed by atoms with E-state index in [1.807, 2.05) is 54.9 Å². The number of benzene rings is 2. The first kappa shape index (κ1) is 20.7. The summed E-state index contributed by atoms with van der Waals surface area (Å²) in [6.07, 6.45) is 3.66. The van der Waals surface area contributed by atoms with Gasteiger partial charge < -0.3 is 10.4 Å². The minimum Gasteiger partial charge on any atom is -0.867 e. The predicted molar refractivity (Wildman–Crippen MR) is 118 cm³/mol. The average Bonchev–Trinajstić information content (AvgIpc) is 2.69. The number of hydrogen-bond acceptors (Lipinski definition) is 2. The van der Waals surface area contributed by atoms with Crippen LogP contribution < -0.4 is 15.0 Å². The maximum absolute atomic E-state index is 13.3. The Bertz CT molecular complexity index is 1020. The first-order chi connectivity index (χ1) is 13.8. The quantitative estimate of drug-likeness (QED) is 0.299. The molecular weight excluding hydrogens is 383 g/mol. The summed E-state index contributed by atoms with van der Waals surface area (Å²) < 4.78 is 15.0. The number of thiocarbonyl (C=S) groups is 1. The van der Waals surface area contributed by atoms with E-state index in [0.717, 1.165) is 11.3 Å². The fraction of sp³-hybridized carbons (Fsp3) is 0.167. The van der Waals surface area contributed by atoms with Crippen molar-refractivity contribution in [1.82, 2.24) is 0 Å². The van der Waals surface area contributed by atoms with Crippen molar-refractivity contribution in [2.75, 3.05) is 5.32 Å². The van der Waals surface area contributed by atoms with E-state index in [9.17, 15) is 9.50 Å². The van der Waals surface area contributed by atoms with Gasteiger partial charge in [0.1, 0.15) is 5.82 Å². The molecule has 0 aliphatic carbocycles. The van der Waals surface area contributed by atoms with E-state index in [4.69, 9.17) is 12.2 Å². The smallest absolute Gasteiger partial charge is 0.238 e. The van der Waals surface area contributed by atoms with Crippen molar-refractivity contribution in [3.05, 3.63) is 96.1 Å². The van der Waals surface area contributed by atoms with Gasteiger partial charge in [-0.3, -0.25) is 0 Å². The van der Waals surface area contributed by atoms with Gasteiger partial charge in [0.2, 0.25) is 5.70 Å². The number of nitrogens with one attached hydrogen (secondary N) is 1. The molecule has 0 spiro atoms. The third-order valence-electron chi connectivity index (χ3n) is 4.52. The summed E-state index contributed by atoms with van der Waals surface area (Å²) in [5, 5.41) is 16.4. The Labute approximate surface area is 176 Å². The van der Waals surface area contributed by atoms with Gasteiger partial charge in [-0.25, -0.2) is 4.39 Å². The zero-order valence-electron chi connectivity index (χ0n) is 16.6. The van der Waals surface area contributed by atoms with Crippen LogP contribution in [0.25, 0.3) is 11.5 Å². The van der Waals surface area contributed by atoms with E-state index in [1.54, 1.807) is 4.57 Å². The second-order valence-electron chi connectivity index (χ2n) is 7.75. The van der Waals surface area contributed by atoms with Gasteiger partial charge in [-0.15, -0.1) is 0 Å². The Morgan fingerprint density at radius 1 is 0.931 bits per heavy atom. The van der Waals surface area contributed by atoms with Crippen molar-refractivity contribution in [3.8, 4) is 0 Å². The number of para-hydroxylation sites is 1. The molecule has 0 bridgehead atoms. The molecule has 0 radical (unpaired) electrons. The molecule has 1 aromatic heterocycles. The Balaban J connectivity index is 2.07. The normalized spacial score (nSPS) is 12.3. The lowest BCUT2D eigenvalue weighted by Crippen LogP contribution is -2.40. The topological polar surface area (TPSA) is 39.0 Å². The lowest BCUT2D eigenvalue weighted by atomic mass is 9.88. The lowest BCUT2D eigenvalue weighted by Gasteiger charge is -2.19. The van der Waals surface area contributed by atoms with Crippen molar-refractivity contribution in [1.29, 1.82) is 0 Å². The fourth-order valence-corrected chi connectivity index (χ4v) is 3.18. The number of nitrogens with zero attached hydrogens (tertiary/aromatic N) is 1. The Morgan fingerprint density at radius 2 is 1.52 bits per heavy atom. The third kappa shape index (κ3) is 5.06. The zero-order valence-corrected chi connectivity index (χ0v) is 17.5. The summed E-state index contributed by atoms with van der Waals surface area (Å²) in [6.45, 7) is 6.38. The van der Waals surface area contributed by atoms with Crippen molar-refractivity contribution in [3.63, 3.8) is 0 Å². The van der Waals surface area contributed by atoms with Crippen LogP contribution in [-0.2, 0) is 5.41 Å². The third-order valence-corrected chi connectivity index (χ3v) is 4.82. The molecule has 5 heteroatoms. The summed E-state index contributed by atoms with van der Waals surface area (Å²) in [4.78, 5) is 0.291. The van der Waals surface area contributed by atoms with Gasteiger partial charge in [-0.05, 0) is 46.6 Å². The van der Waals surface area contributed by atoms with Crippen molar-refractivity contribution in [2.45, 2.75) is 26.2 Å². The predicted octanol–water partition coefficient (Wildman–Crippen LogP) is 4.54. The summed E-state index contributed by atoms with van der Waals surface area (Å²) in [7, 11) is 0. The van der Waals surface area contributed by atoms with Crippen LogP contribution in [0.2, 0.25) is 0 Å². The van der Waals surface area contributed by atoms with Gasteiger partial charge in [-0.1, -0.05) is 63.3 Å². The minimum absolute atomic E-state index is 0.0109. The molecule has 29 heavy (non-hydrogen) atoms. The number of rotatable bonds is 4. The van der Waals surface area contributed by atoms with E-state index >= 15 is 0 Å². The number of aromatic nitrogens is 1. The molecule has 0 unspecified atom stereocenters. The maximum atomic E-state index is 13.3. The summed E-state index contributed by atoms with van der Waals surface area (Å²) in [5.74, 6) is -0.679. The highest BCUT2D eigenvalue weighted by atomic mass is 32.1. The summed E-state index contributed by atoms with van der Waals surface area (Å²) in [5.41, 5.74) is 2.59. The summed E-state index contributed by atoms with van der Waals surface area (Å²) >= 11 is 5.58. The van der Waals surface area contributed by atoms with E-state index < -0.39 is 5.82 Å². The van der Waals surface area contributed by atoms with Gasteiger partial charge in [0.25, 0.3) is 0 Å². The van der Waals surface area contributed by atoms with Gasteiger partial charge in [0.15, 0.2) is 17.4 Å². The SMILES string of the molecule is CC(C)(C)c1cc[n+](C(C(=S)Nc2ccccc2)=C([O-])c2ccc(F)cc2)cc1. The molecule has 0 aliphatic heterocycles. The Hall–Kier alpha value is -3.05.